The number of likely N-dealkylation sites (tertiary alicyclic amines) is 1. The predicted octanol–water partition coefficient (Wildman–Crippen LogP) is 4.24. The van der Waals surface area contributed by atoms with E-state index in [1.807, 2.05) is 58.9 Å². The highest BCUT2D eigenvalue weighted by Gasteiger charge is 2.38. The van der Waals surface area contributed by atoms with E-state index in [1.165, 1.54) is 11.1 Å². The fraction of sp³-hybridized carbons (Fsp3) is 0.394. The summed E-state index contributed by atoms with van der Waals surface area (Å²) in [5.41, 5.74) is 4.90. The van der Waals surface area contributed by atoms with Gasteiger partial charge in [-0.1, -0.05) is 36.4 Å². The molecule has 1 saturated heterocycles. The molecule has 0 atom stereocenters. The third-order valence-electron chi connectivity index (χ3n) is 8.90. The molecule has 6 rings (SSSR count). The van der Waals surface area contributed by atoms with Crippen LogP contribution in [0, 0.1) is 0 Å². The second-order valence-corrected chi connectivity index (χ2v) is 11.7. The van der Waals surface area contributed by atoms with Gasteiger partial charge in [-0.2, -0.15) is 10.1 Å². The Balaban J connectivity index is 1.15. The lowest BCUT2D eigenvalue weighted by atomic mass is 9.80. The van der Waals surface area contributed by atoms with Crippen LogP contribution in [0.15, 0.2) is 73.2 Å². The number of likely N-dealkylation sites (N-methyl/N-ethyl adjacent to an activating group) is 1. The van der Waals surface area contributed by atoms with E-state index >= 15 is 0 Å². The zero-order valence-electron chi connectivity index (χ0n) is 25.6. The number of hydrogen-bond acceptors (Lipinski definition) is 8. The van der Waals surface area contributed by atoms with Gasteiger partial charge in [0.15, 0.2) is 0 Å². The van der Waals surface area contributed by atoms with Gasteiger partial charge in [-0.25, -0.2) is 9.67 Å². The maximum Gasteiger partial charge on any atom is 0.263 e. The van der Waals surface area contributed by atoms with Crippen molar-refractivity contribution < 1.29 is 4.79 Å². The van der Waals surface area contributed by atoms with Crippen molar-refractivity contribution in [3.05, 3.63) is 89.9 Å². The molecule has 4 aromatic rings. The summed E-state index contributed by atoms with van der Waals surface area (Å²) in [6.07, 6.45) is 7.87. The zero-order valence-corrected chi connectivity index (χ0v) is 25.6. The highest BCUT2D eigenvalue weighted by Crippen LogP contribution is 2.37. The van der Waals surface area contributed by atoms with Gasteiger partial charge in [0.1, 0.15) is 11.4 Å². The Morgan fingerprint density at radius 3 is 2.47 bits per heavy atom. The van der Waals surface area contributed by atoms with E-state index in [2.05, 4.69) is 75.7 Å². The van der Waals surface area contributed by atoms with Crippen LogP contribution in [-0.2, 0) is 12.1 Å². The average Bonchev–Trinajstić information content (AvgIpc) is 3.46. The normalized spacial score (nSPS) is 17.2. The van der Waals surface area contributed by atoms with E-state index in [0.717, 1.165) is 43.9 Å². The highest BCUT2D eigenvalue weighted by molar-refractivity contribution is 6.09. The van der Waals surface area contributed by atoms with Crippen molar-refractivity contribution in [3.63, 3.8) is 0 Å². The summed E-state index contributed by atoms with van der Waals surface area (Å²) in [5.74, 6) is 1.08. The third kappa shape index (κ3) is 5.72. The van der Waals surface area contributed by atoms with Gasteiger partial charge in [0, 0.05) is 75.5 Å². The van der Waals surface area contributed by atoms with E-state index in [-0.39, 0.29) is 11.4 Å². The van der Waals surface area contributed by atoms with Crippen molar-refractivity contribution in [2.45, 2.75) is 31.8 Å². The fourth-order valence-electron chi connectivity index (χ4n) is 6.38. The number of carbonyl (C=O) groups is 1. The standard InChI is InChI=1S/C33H41N9O/c1-5-34-32-35-22-29-30(37-32)39(4)18-19-41(31(29)43)27-12-9-13-28(20-27)42-24-25(21-36-42)23-40-16-14-33(15-17-40,38(2)3)26-10-7-6-8-11-26/h6-13,20-22,24H,5,14-19,23H2,1-4H3,(H,34,35,37). The number of nitrogens with zero attached hydrogens (tertiary/aromatic N) is 8. The lowest BCUT2D eigenvalue weighted by molar-refractivity contribution is 0.0507. The predicted molar refractivity (Wildman–Crippen MR) is 171 cm³/mol. The molecule has 1 amide bonds. The Morgan fingerprint density at radius 1 is 0.953 bits per heavy atom. The number of hydrogen-bond donors (Lipinski definition) is 1. The van der Waals surface area contributed by atoms with E-state index < -0.39 is 0 Å². The number of piperidine rings is 1. The Hall–Kier alpha value is -4.28. The topological polar surface area (TPSA) is 85.7 Å². The molecule has 0 unspecified atom stereocenters. The first kappa shape index (κ1) is 28.8. The summed E-state index contributed by atoms with van der Waals surface area (Å²) in [6.45, 7) is 6.83. The minimum Gasteiger partial charge on any atom is -0.357 e. The van der Waals surface area contributed by atoms with Crippen LogP contribution in [0.2, 0.25) is 0 Å². The van der Waals surface area contributed by atoms with E-state index in [9.17, 15) is 4.79 Å². The number of fused-ring (bicyclic) bond motifs is 1. The SMILES string of the molecule is CCNc1ncc2c(n1)N(C)CCN(c1cccc(-n3cc(CN4CCC(c5ccccc5)(N(C)C)CC4)cn3)c1)C2=O. The van der Waals surface area contributed by atoms with Crippen molar-refractivity contribution in [2.75, 3.05) is 69.0 Å². The van der Waals surface area contributed by atoms with Crippen molar-refractivity contribution in [1.82, 2.24) is 29.5 Å². The minimum absolute atomic E-state index is 0.0727. The summed E-state index contributed by atoms with van der Waals surface area (Å²) in [6, 6.07) is 18.9. The lowest BCUT2D eigenvalue weighted by Crippen LogP contribution is -2.50. The molecule has 0 aliphatic carbocycles. The van der Waals surface area contributed by atoms with Crippen molar-refractivity contribution >= 4 is 23.4 Å². The zero-order chi connectivity index (χ0) is 30.0. The van der Waals surface area contributed by atoms with Gasteiger partial charge in [0.2, 0.25) is 5.95 Å². The van der Waals surface area contributed by atoms with Gasteiger partial charge < -0.3 is 15.1 Å². The number of anilines is 3. The molecule has 0 bridgehead atoms. The first-order chi connectivity index (χ1) is 20.9. The van der Waals surface area contributed by atoms with E-state index in [4.69, 9.17) is 5.10 Å². The first-order valence-electron chi connectivity index (χ1n) is 15.1. The second-order valence-electron chi connectivity index (χ2n) is 11.7. The molecule has 10 heteroatoms. The van der Waals surface area contributed by atoms with Crippen molar-refractivity contribution in [2.24, 2.45) is 0 Å². The van der Waals surface area contributed by atoms with Gasteiger partial charge in [-0.15, -0.1) is 0 Å². The van der Waals surface area contributed by atoms with Crippen LogP contribution in [0.3, 0.4) is 0 Å². The number of benzene rings is 2. The number of carbonyl (C=O) groups excluding carboxylic acids is 1. The molecule has 0 spiro atoms. The van der Waals surface area contributed by atoms with Crippen LogP contribution in [0.25, 0.3) is 5.69 Å². The van der Waals surface area contributed by atoms with E-state index in [0.29, 0.717) is 37.0 Å². The molecule has 2 aromatic carbocycles. The molecule has 1 N–H and O–H groups in total. The quantitative estimate of drug-likeness (QED) is 0.332. The Kier molecular flexibility index (Phi) is 8.14. The number of rotatable bonds is 8. The molecule has 2 aliphatic rings. The number of nitrogens with one attached hydrogen (secondary N) is 1. The molecular formula is C33H41N9O. The molecule has 224 valence electrons. The van der Waals surface area contributed by atoms with Crippen LogP contribution >= 0.6 is 0 Å². The minimum atomic E-state index is -0.102. The smallest absolute Gasteiger partial charge is 0.263 e. The largest absolute Gasteiger partial charge is 0.357 e. The van der Waals surface area contributed by atoms with Gasteiger partial charge in [0.25, 0.3) is 5.91 Å². The maximum absolute atomic E-state index is 13.7. The van der Waals surface area contributed by atoms with Gasteiger partial charge in [0.05, 0.1) is 11.9 Å². The lowest BCUT2D eigenvalue weighted by Gasteiger charge is -2.46. The van der Waals surface area contributed by atoms with Crippen LogP contribution < -0.4 is 15.1 Å². The molecular weight excluding hydrogens is 538 g/mol. The molecule has 2 aliphatic heterocycles. The molecule has 1 fully saturated rings. The van der Waals surface area contributed by atoms with Crippen molar-refractivity contribution in [1.29, 1.82) is 0 Å². The Bertz CT molecular complexity index is 1560. The molecule has 10 nitrogen and oxygen atoms in total. The second kappa shape index (κ2) is 12.1. The molecule has 2 aromatic heterocycles. The monoisotopic (exact) mass is 579 g/mol. The summed E-state index contributed by atoms with van der Waals surface area (Å²) in [5, 5.41) is 7.83. The Labute approximate surface area is 253 Å². The van der Waals surface area contributed by atoms with E-state index in [1.54, 1.807) is 6.20 Å². The van der Waals surface area contributed by atoms with Crippen molar-refractivity contribution in [3.8, 4) is 5.69 Å². The van der Waals surface area contributed by atoms with Gasteiger partial charge >= 0.3 is 0 Å². The Morgan fingerprint density at radius 2 is 1.72 bits per heavy atom. The summed E-state index contributed by atoms with van der Waals surface area (Å²) >= 11 is 0. The van der Waals surface area contributed by atoms with Crippen LogP contribution in [0.4, 0.5) is 17.5 Å². The first-order valence-corrected chi connectivity index (χ1v) is 15.1. The number of aromatic nitrogens is 4. The summed E-state index contributed by atoms with van der Waals surface area (Å²) < 4.78 is 1.91. The molecule has 0 saturated carbocycles. The third-order valence-corrected chi connectivity index (χ3v) is 8.90. The summed E-state index contributed by atoms with van der Waals surface area (Å²) in [7, 11) is 6.36. The molecule has 4 heterocycles. The van der Waals surface area contributed by atoms with Crippen LogP contribution in [-0.4, -0.2) is 89.3 Å². The summed E-state index contributed by atoms with van der Waals surface area (Å²) in [4.78, 5) is 31.4. The van der Waals surface area contributed by atoms with Crippen LogP contribution in [0.5, 0.6) is 0 Å². The molecule has 43 heavy (non-hydrogen) atoms. The fourth-order valence-corrected chi connectivity index (χ4v) is 6.38. The highest BCUT2D eigenvalue weighted by atomic mass is 16.2. The van der Waals surface area contributed by atoms with Gasteiger partial charge in [-0.05, 0) is 57.6 Å². The molecule has 0 radical (unpaired) electrons. The van der Waals surface area contributed by atoms with Crippen LogP contribution in [0.1, 0.15) is 41.3 Å². The average molecular weight is 580 g/mol. The van der Waals surface area contributed by atoms with Gasteiger partial charge in [-0.3, -0.25) is 14.6 Å². The maximum atomic E-state index is 13.7. The number of amides is 1.